The van der Waals surface area contributed by atoms with Gasteiger partial charge in [-0.1, -0.05) is 6.92 Å². The zero-order valence-electron chi connectivity index (χ0n) is 13.8. The number of urea groups is 1. The minimum atomic E-state index is -0.283. The van der Waals surface area contributed by atoms with E-state index in [1.54, 1.807) is 0 Å². The summed E-state index contributed by atoms with van der Waals surface area (Å²) >= 11 is 0. The third-order valence-electron chi connectivity index (χ3n) is 5.33. The van der Waals surface area contributed by atoms with E-state index in [1.807, 2.05) is 6.92 Å². The van der Waals surface area contributed by atoms with E-state index in [1.165, 1.54) is 4.90 Å². The Kier molecular flexibility index (Phi) is 4.84. The molecule has 7 heteroatoms. The van der Waals surface area contributed by atoms with Crippen LogP contribution in [0.2, 0.25) is 0 Å². The lowest BCUT2D eigenvalue weighted by Gasteiger charge is -2.35. The molecule has 0 aromatic rings. The highest BCUT2D eigenvalue weighted by molar-refractivity contribution is 6.01. The molecular weight excluding hydrogens is 296 g/mol. The SMILES string of the molecule is CCC(=O)N1CCC[C@H]1[C@@H]1CCCN1CCN1C(=O)CNC1=O. The maximum Gasteiger partial charge on any atom is 0.324 e. The summed E-state index contributed by atoms with van der Waals surface area (Å²) in [6, 6.07) is 0.385. The Morgan fingerprint density at radius 1 is 1.13 bits per heavy atom. The summed E-state index contributed by atoms with van der Waals surface area (Å²) in [5.74, 6) is 0.0999. The van der Waals surface area contributed by atoms with Gasteiger partial charge in [-0.2, -0.15) is 0 Å². The van der Waals surface area contributed by atoms with Crippen LogP contribution in [-0.2, 0) is 9.59 Å². The highest BCUT2D eigenvalue weighted by atomic mass is 16.2. The zero-order chi connectivity index (χ0) is 16.4. The number of carbonyl (C=O) groups is 3. The van der Waals surface area contributed by atoms with Crippen molar-refractivity contribution >= 4 is 17.8 Å². The van der Waals surface area contributed by atoms with Gasteiger partial charge >= 0.3 is 6.03 Å². The highest BCUT2D eigenvalue weighted by Gasteiger charge is 2.39. The van der Waals surface area contributed by atoms with E-state index in [2.05, 4.69) is 15.1 Å². The fraction of sp³-hybridized carbons (Fsp3) is 0.812. The molecule has 2 atom stereocenters. The standard InChI is InChI=1S/C16H26N4O3/c1-2-14(21)19-8-4-6-13(19)12-5-3-7-18(12)9-10-20-15(22)11-17-16(20)23/h12-13H,2-11H2,1H3,(H,17,23)/t12-,13-/m0/s1. The molecule has 3 aliphatic rings. The van der Waals surface area contributed by atoms with E-state index in [0.717, 1.165) is 38.8 Å². The van der Waals surface area contributed by atoms with Gasteiger partial charge in [0.25, 0.3) is 0 Å². The van der Waals surface area contributed by atoms with Gasteiger partial charge in [0.05, 0.1) is 6.54 Å². The van der Waals surface area contributed by atoms with E-state index in [4.69, 9.17) is 0 Å². The van der Waals surface area contributed by atoms with Crippen molar-refractivity contribution in [3.8, 4) is 0 Å². The molecule has 23 heavy (non-hydrogen) atoms. The number of amides is 4. The molecule has 1 N–H and O–H groups in total. The molecule has 7 nitrogen and oxygen atoms in total. The van der Waals surface area contributed by atoms with E-state index < -0.39 is 0 Å². The molecule has 0 aliphatic carbocycles. The van der Waals surface area contributed by atoms with Crippen LogP contribution in [0.5, 0.6) is 0 Å². The number of hydrogen-bond donors (Lipinski definition) is 1. The third-order valence-corrected chi connectivity index (χ3v) is 5.33. The molecular formula is C16H26N4O3. The predicted octanol–water partition coefficient (Wildman–Crippen LogP) is 0.404. The maximum absolute atomic E-state index is 12.1. The largest absolute Gasteiger partial charge is 0.338 e. The molecule has 3 fully saturated rings. The third kappa shape index (κ3) is 3.20. The minimum Gasteiger partial charge on any atom is -0.338 e. The molecule has 0 bridgehead atoms. The van der Waals surface area contributed by atoms with Crippen LogP contribution in [-0.4, -0.2) is 77.4 Å². The van der Waals surface area contributed by atoms with Gasteiger partial charge in [-0.15, -0.1) is 0 Å². The summed E-state index contributed by atoms with van der Waals surface area (Å²) in [4.78, 5) is 41.2. The normalized spacial score (nSPS) is 28.7. The van der Waals surface area contributed by atoms with Crippen LogP contribution >= 0.6 is 0 Å². The van der Waals surface area contributed by atoms with Gasteiger partial charge in [0.15, 0.2) is 0 Å². The van der Waals surface area contributed by atoms with Gasteiger partial charge in [-0.25, -0.2) is 4.79 Å². The van der Waals surface area contributed by atoms with Crippen molar-refractivity contribution in [2.24, 2.45) is 0 Å². The van der Waals surface area contributed by atoms with Crippen LogP contribution in [0.15, 0.2) is 0 Å². The first-order chi connectivity index (χ1) is 11.1. The first kappa shape index (κ1) is 16.2. The number of imide groups is 1. The molecule has 0 radical (unpaired) electrons. The van der Waals surface area contributed by atoms with Crippen molar-refractivity contribution in [3.63, 3.8) is 0 Å². The maximum atomic E-state index is 12.1. The molecule has 0 unspecified atom stereocenters. The summed E-state index contributed by atoms with van der Waals surface area (Å²) in [6.45, 7) is 5.03. The molecule has 3 aliphatic heterocycles. The molecule has 128 valence electrons. The second-order valence-corrected chi connectivity index (χ2v) is 6.60. The number of nitrogens with zero attached hydrogens (tertiary/aromatic N) is 3. The minimum absolute atomic E-state index is 0.115. The number of likely N-dealkylation sites (tertiary alicyclic amines) is 2. The van der Waals surface area contributed by atoms with Crippen molar-refractivity contribution < 1.29 is 14.4 Å². The van der Waals surface area contributed by atoms with Crippen LogP contribution in [0.4, 0.5) is 4.79 Å². The van der Waals surface area contributed by atoms with Crippen molar-refractivity contribution in [2.45, 2.75) is 51.1 Å². The van der Waals surface area contributed by atoms with Crippen molar-refractivity contribution in [1.29, 1.82) is 0 Å². The lowest BCUT2D eigenvalue weighted by molar-refractivity contribution is -0.132. The highest BCUT2D eigenvalue weighted by Crippen LogP contribution is 2.30. The fourth-order valence-corrected chi connectivity index (χ4v) is 4.18. The van der Waals surface area contributed by atoms with Crippen molar-refractivity contribution in [1.82, 2.24) is 20.0 Å². The predicted molar refractivity (Wildman–Crippen MR) is 84.7 cm³/mol. The van der Waals surface area contributed by atoms with E-state index in [9.17, 15) is 14.4 Å². The number of rotatable bonds is 5. The van der Waals surface area contributed by atoms with Crippen LogP contribution in [0.3, 0.4) is 0 Å². The van der Waals surface area contributed by atoms with Gasteiger partial charge in [0.2, 0.25) is 11.8 Å². The number of carbonyl (C=O) groups excluding carboxylic acids is 3. The summed E-state index contributed by atoms with van der Waals surface area (Å²) in [7, 11) is 0. The lowest BCUT2D eigenvalue weighted by Crippen LogP contribution is -2.50. The van der Waals surface area contributed by atoms with Crippen molar-refractivity contribution in [3.05, 3.63) is 0 Å². The average Bonchev–Trinajstić information content (AvgIpc) is 3.25. The molecule has 3 saturated heterocycles. The summed E-state index contributed by atoms with van der Waals surface area (Å²) in [6.07, 6.45) is 4.92. The number of nitrogens with one attached hydrogen (secondary N) is 1. The van der Waals surface area contributed by atoms with Crippen LogP contribution < -0.4 is 5.32 Å². The Morgan fingerprint density at radius 2 is 1.87 bits per heavy atom. The van der Waals surface area contributed by atoms with Crippen molar-refractivity contribution in [2.75, 3.05) is 32.7 Å². The topological polar surface area (TPSA) is 73.0 Å². The Bertz CT molecular complexity index is 480. The van der Waals surface area contributed by atoms with Gasteiger partial charge < -0.3 is 10.2 Å². The summed E-state index contributed by atoms with van der Waals surface area (Å²) in [5.41, 5.74) is 0. The zero-order valence-corrected chi connectivity index (χ0v) is 13.8. The molecule has 0 aromatic heterocycles. The Morgan fingerprint density at radius 3 is 2.57 bits per heavy atom. The Balaban J connectivity index is 1.60. The smallest absolute Gasteiger partial charge is 0.324 e. The van der Waals surface area contributed by atoms with Crippen LogP contribution in [0.1, 0.15) is 39.0 Å². The summed E-state index contributed by atoms with van der Waals surface area (Å²) < 4.78 is 0. The molecule has 4 amide bonds. The number of hydrogen-bond acceptors (Lipinski definition) is 4. The Hall–Kier alpha value is -1.63. The Labute approximate surface area is 137 Å². The average molecular weight is 322 g/mol. The van der Waals surface area contributed by atoms with Gasteiger partial charge in [-0.3, -0.25) is 19.4 Å². The van der Waals surface area contributed by atoms with E-state index >= 15 is 0 Å². The molecule has 3 heterocycles. The fourth-order valence-electron chi connectivity index (χ4n) is 4.18. The first-order valence-corrected chi connectivity index (χ1v) is 8.73. The van der Waals surface area contributed by atoms with Gasteiger partial charge in [0, 0.05) is 38.1 Å². The van der Waals surface area contributed by atoms with E-state index in [-0.39, 0.29) is 24.4 Å². The molecule has 0 saturated carbocycles. The lowest BCUT2D eigenvalue weighted by atomic mass is 10.0. The van der Waals surface area contributed by atoms with E-state index in [0.29, 0.717) is 31.6 Å². The molecule has 3 rings (SSSR count). The van der Waals surface area contributed by atoms with Gasteiger partial charge in [-0.05, 0) is 32.2 Å². The first-order valence-electron chi connectivity index (χ1n) is 8.73. The van der Waals surface area contributed by atoms with Crippen LogP contribution in [0, 0.1) is 0 Å². The molecule has 0 aromatic carbocycles. The molecule has 0 spiro atoms. The van der Waals surface area contributed by atoms with Crippen LogP contribution in [0.25, 0.3) is 0 Å². The monoisotopic (exact) mass is 322 g/mol. The quantitative estimate of drug-likeness (QED) is 0.744. The summed E-state index contributed by atoms with van der Waals surface area (Å²) in [5, 5.41) is 2.56. The second-order valence-electron chi connectivity index (χ2n) is 6.60. The second kappa shape index (κ2) is 6.86. The van der Waals surface area contributed by atoms with Gasteiger partial charge in [0.1, 0.15) is 0 Å².